The van der Waals surface area contributed by atoms with Crippen LogP contribution >= 0.6 is 0 Å². The normalized spacial score (nSPS) is 11.3. The van der Waals surface area contributed by atoms with Crippen LogP contribution in [0, 0.1) is 6.92 Å². The summed E-state index contributed by atoms with van der Waals surface area (Å²) in [7, 11) is 0. The highest BCUT2D eigenvalue weighted by Crippen LogP contribution is 2.28. The van der Waals surface area contributed by atoms with Crippen molar-refractivity contribution in [1.29, 1.82) is 0 Å². The summed E-state index contributed by atoms with van der Waals surface area (Å²) in [6, 6.07) is 15.2. The third-order valence-electron chi connectivity index (χ3n) is 5.15. The number of nitrogens with zero attached hydrogens (tertiary/aromatic N) is 1. The first-order valence-electron chi connectivity index (χ1n) is 11.9. The fraction of sp³-hybridized carbons (Fsp3) is 0.370. The van der Waals surface area contributed by atoms with E-state index in [0.717, 1.165) is 22.6 Å². The average molecular weight is 553 g/mol. The number of aliphatic carboxylic acids is 1. The first-order valence-corrected chi connectivity index (χ1v) is 11.9. The van der Waals surface area contributed by atoms with Gasteiger partial charge in [-0.2, -0.15) is 13.2 Å². The van der Waals surface area contributed by atoms with Gasteiger partial charge in [0.1, 0.15) is 17.3 Å². The summed E-state index contributed by atoms with van der Waals surface area (Å²) in [5.41, 5.74) is 7.32. The van der Waals surface area contributed by atoms with Gasteiger partial charge in [-0.25, -0.2) is 14.6 Å². The number of hydrogen-bond donors (Lipinski definition) is 2. The maximum absolute atomic E-state index is 12.1. The Bertz CT molecular complexity index is 1240. The fourth-order valence-corrected chi connectivity index (χ4v) is 3.16. The molecule has 1 aromatic heterocycles. The molecule has 3 N–H and O–H groups in total. The van der Waals surface area contributed by atoms with Gasteiger partial charge in [0.25, 0.3) is 0 Å². The maximum atomic E-state index is 12.1. The number of ether oxygens (including phenoxy) is 3. The summed E-state index contributed by atoms with van der Waals surface area (Å²) in [6.07, 6.45) is -4.48. The molecule has 12 heteroatoms. The third kappa shape index (κ3) is 9.32. The van der Waals surface area contributed by atoms with Crippen molar-refractivity contribution in [2.75, 3.05) is 13.2 Å². The van der Waals surface area contributed by atoms with Crippen LogP contribution in [0.5, 0.6) is 11.5 Å². The number of alkyl halides is 3. The summed E-state index contributed by atoms with van der Waals surface area (Å²) >= 11 is 0. The van der Waals surface area contributed by atoms with E-state index in [-0.39, 0.29) is 6.54 Å². The molecule has 0 bridgehead atoms. The second-order valence-electron chi connectivity index (χ2n) is 8.60. The Kier molecular flexibility index (Phi) is 10.9. The fourth-order valence-electron chi connectivity index (χ4n) is 3.16. The smallest absolute Gasteiger partial charge is 0.490 e. The molecule has 212 valence electrons. The van der Waals surface area contributed by atoms with Crippen molar-refractivity contribution in [3.05, 3.63) is 65.5 Å². The lowest BCUT2D eigenvalue weighted by Gasteiger charge is -2.25. The van der Waals surface area contributed by atoms with Gasteiger partial charge in [0.2, 0.25) is 5.89 Å². The van der Waals surface area contributed by atoms with Crippen LogP contribution in [-0.4, -0.2) is 47.0 Å². The van der Waals surface area contributed by atoms with Gasteiger partial charge in [-0.05, 0) is 58.0 Å². The number of carboxylic acids is 1. The standard InChI is InChI=1S/C25H30N2O5.C2HF3O2/c1-5-29-24(28)25(3,4)32-22-12-11-20(15-19(22)16-26)30-14-13-21-17(2)31-23(27-21)18-9-7-6-8-10-18;3-2(4,5)1(6)7/h6-12,15H,5,13-14,16,26H2,1-4H3;(H,6,7). The van der Waals surface area contributed by atoms with E-state index in [0.29, 0.717) is 37.0 Å². The number of carbonyl (C=O) groups excluding carboxylic acids is 1. The van der Waals surface area contributed by atoms with Crippen molar-refractivity contribution in [1.82, 2.24) is 4.98 Å². The SMILES string of the molecule is CCOC(=O)C(C)(C)Oc1ccc(OCCc2nc(-c3ccccc3)oc2C)cc1CN.O=C(O)C(F)(F)F. The van der Waals surface area contributed by atoms with E-state index in [2.05, 4.69) is 4.98 Å². The zero-order chi connectivity index (χ0) is 29.2. The number of aromatic nitrogens is 1. The van der Waals surface area contributed by atoms with Crippen molar-refractivity contribution in [3.63, 3.8) is 0 Å². The molecule has 0 radical (unpaired) electrons. The molecular formula is C27H31F3N2O7. The number of esters is 1. The molecule has 0 saturated heterocycles. The second kappa shape index (κ2) is 13.7. The van der Waals surface area contributed by atoms with Crippen molar-refractivity contribution in [3.8, 4) is 23.0 Å². The van der Waals surface area contributed by atoms with Crippen LogP contribution in [-0.2, 0) is 27.3 Å². The summed E-state index contributed by atoms with van der Waals surface area (Å²) in [5.74, 6) is -0.614. The molecule has 0 spiro atoms. The third-order valence-corrected chi connectivity index (χ3v) is 5.15. The van der Waals surface area contributed by atoms with Gasteiger partial charge >= 0.3 is 18.1 Å². The van der Waals surface area contributed by atoms with Gasteiger partial charge in [0, 0.05) is 24.1 Å². The van der Waals surface area contributed by atoms with Gasteiger partial charge in [-0.3, -0.25) is 0 Å². The first-order chi connectivity index (χ1) is 18.3. The molecule has 0 saturated carbocycles. The largest absolute Gasteiger partial charge is 0.493 e. The highest BCUT2D eigenvalue weighted by Gasteiger charge is 2.38. The lowest BCUT2D eigenvalue weighted by Crippen LogP contribution is -2.40. The molecule has 39 heavy (non-hydrogen) atoms. The van der Waals surface area contributed by atoms with Crippen LogP contribution in [0.1, 0.15) is 37.8 Å². The van der Waals surface area contributed by atoms with E-state index >= 15 is 0 Å². The summed E-state index contributed by atoms with van der Waals surface area (Å²) in [5, 5.41) is 7.12. The Balaban J connectivity index is 0.000000673. The summed E-state index contributed by atoms with van der Waals surface area (Å²) in [6.45, 7) is 7.96. The van der Waals surface area contributed by atoms with E-state index in [1.807, 2.05) is 43.3 Å². The number of carboxylic acid groups (broad SMARTS) is 1. The molecule has 3 rings (SSSR count). The summed E-state index contributed by atoms with van der Waals surface area (Å²) in [4.78, 5) is 25.6. The predicted molar refractivity (Wildman–Crippen MR) is 135 cm³/mol. The van der Waals surface area contributed by atoms with Crippen molar-refractivity contribution < 1.29 is 46.5 Å². The van der Waals surface area contributed by atoms with E-state index in [1.54, 1.807) is 32.9 Å². The number of benzene rings is 2. The number of oxazole rings is 1. The lowest BCUT2D eigenvalue weighted by atomic mass is 10.1. The van der Waals surface area contributed by atoms with Gasteiger partial charge in [0.05, 0.1) is 18.9 Å². The monoisotopic (exact) mass is 552 g/mol. The van der Waals surface area contributed by atoms with Crippen LogP contribution in [0.2, 0.25) is 0 Å². The molecule has 3 aromatic rings. The number of hydrogen-bond acceptors (Lipinski definition) is 8. The molecule has 0 aliphatic heterocycles. The van der Waals surface area contributed by atoms with Crippen molar-refractivity contribution in [2.24, 2.45) is 5.73 Å². The topological polar surface area (TPSA) is 134 Å². The minimum Gasteiger partial charge on any atom is -0.493 e. The number of rotatable bonds is 10. The minimum atomic E-state index is -5.08. The van der Waals surface area contributed by atoms with Crippen molar-refractivity contribution >= 4 is 11.9 Å². The molecule has 0 aliphatic rings. The van der Waals surface area contributed by atoms with Crippen LogP contribution in [0.15, 0.2) is 52.9 Å². The van der Waals surface area contributed by atoms with Crippen LogP contribution in [0.4, 0.5) is 13.2 Å². The van der Waals surface area contributed by atoms with E-state index in [1.165, 1.54) is 0 Å². The number of halogens is 3. The molecule has 2 aromatic carbocycles. The molecule has 0 unspecified atom stereocenters. The first kappa shape index (κ1) is 31.2. The summed E-state index contributed by atoms with van der Waals surface area (Å²) < 4.78 is 54.4. The molecule has 1 heterocycles. The second-order valence-corrected chi connectivity index (χ2v) is 8.60. The van der Waals surface area contributed by atoms with Crippen LogP contribution in [0.3, 0.4) is 0 Å². The molecule has 9 nitrogen and oxygen atoms in total. The van der Waals surface area contributed by atoms with Crippen molar-refractivity contribution in [2.45, 2.75) is 52.4 Å². The molecule has 0 atom stereocenters. The maximum Gasteiger partial charge on any atom is 0.490 e. The highest BCUT2D eigenvalue weighted by atomic mass is 19.4. The van der Waals surface area contributed by atoms with Crippen LogP contribution in [0.25, 0.3) is 11.5 Å². The Morgan fingerprint density at radius 1 is 1.10 bits per heavy atom. The highest BCUT2D eigenvalue weighted by molar-refractivity contribution is 5.79. The van der Waals surface area contributed by atoms with E-state index < -0.39 is 23.7 Å². The molecule has 0 aliphatic carbocycles. The van der Waals surface area contributed by atoms with E-state index in [4.69, 9.17) is 34.3 Å². The average Bonchev–Trinajstić information content (AvgIpc) is 3.25. The Morgan fingerprint density at radius 3 is 2.31 bits per heavy atom. The zero-order valence-electron chi connectivity index (χ0n) is 22.0. The van der Waals surface area contributed by atoms with Gasteiger partial charge < -0.3 is 29.5 Å². The predicted octanol–water partition coefficient (Wildman–Crippen LogP) is 5.08. The molecule has 0 amide bonds. The van der Waals surface area contributed by atoms with Crippen LogP contribution < -0.4 is 15.2 Å². The van der Waals surface area contributed by atoms with Gasteiger partial charge in [0.15, 0.2) is 5.60 Å². The van der Waals surface area contributed by atoms with Gasteiger partial charge in [-0.15, -0.1) is 0 Å². The lowest BCUT2D eigenvalue weighted by molar-refractivity contribution is -0.192. The molecular weight excluding hydrogens is 521 g/mol. The van der Waals surface area contributed by atoms with E-state index in [9.17, 15) is 18.0 Å². The number of carbonyl (C=O) groups is 2. The Morgan fingerprint density at radius 2 is 1.74 bits per heavy atom. The minimum absolute atomic E-state index is 0.244. The zero-order valence-corrected chi connectivity index (χ0v) is 22.0. The molecule has 0 fully saturated rings. The Hall–Kier alpha value is -4.06. The van der Waals surface area contributed by atoms with Gasteiger partial charge in [-0.1, -0.05) is 18.2 Å². The number of nitrogens with two attached hydrogens (primary N) is 1. The quantitative estimate of drug-likeness (QED) is 0.330. The Labute approximate surface area is 223 Å². The number of aryl methyl sites for hydroxylation is 1.